The van der Waals surface area contributed by atoms with Crippen LogP contribution in [0.15, 0.2) is 122 Å². The lowest BCUT2D eigenvalue weighted by Gasteiger charge is -2.18. The summed E-state index contributed by atoms with van der Waals surface area (Å²) in [5.74, 6) is -0.910. The average molecular weight is 1110 g/mol. The van der Waals surface area contributed by atoms with Crippen LogP contribution in [0.3, 0.4) is 0 Å². The normalized spacial score (nSPS) is 12.9. The lowest BCUT2D eigenvalue weighted by Crippen LogP contribution is -2.30. The zero-order valence-electron chi connectivity index (χ0n) is 52.3. The zero-order chi connectivity index (χ0) is 57.8. The molecular formula is C74H124O6. The van der Waals surface area contributed by atoms with Crippen LogP contribution in [0, 0.1) is 0 Å². The van der Waals surface area contributed by atoms with E-state index in [9.17, 15) is 14.4 Å². The summed E-state index contributed by atoms with van der Waals surface area (Å²) in [5.41, 5.74) is 0. The highest BCUT2D eigenvalue weighted by atomic mass is 16.6. The molecule has 6 heteroatoms. The molecule has 0 aliphatic heterocycles. The number of hydrogen-bond acceptors (Lipinski definition) is 6. The molecular weight excluding hydrogens is 985 g/mol. The summed E-state index contributed by atoms with van der Waals surface area (Å²) in [6, 6.07) is 0. The molecule has 0 saturated heterocycles. The van der Waals surface area contributed by atoms with Gasteiger partial charge in [-0.2, -0.15) is 0 Å². The fraction of sp³-hybridized carbons (Fsp3) is 0.689. The van der Waals surface area contributed by atoms with Crippen molar-refractivity contribution in [1.29, 1.82) is 0 Å². The fourth-order valence-corrected chi connectivity index (χ4v) is 9.15. The highest BCUT2D eigenvalue weighted by Gasteiger charge is 2.19. The third-order valence-electron chi connectivity index (χ3n) is 14.2. The maximum absolute atomic E-state index is 12.9. The molecule has 0 heterocycles. The van der Waals surface area contributed by atoms with E-state index < -0.39 is 6.10 Å². The first kappa shape index (κ1) is 75.8. The van der Waals surface area contributed by atoms with Gasteiger partial charge in [0, 0.05) is 19.3 Å². The van der Waals surface area contributed by atoms with Crippen LogP contribution in [0.25, 0.3) is 0 Å². The Bertz CT molecular complexity index is 1650. The SMILES string of the molecule is CC/C=C\C/C=C\C/C=C\C/C=C\C/C=C\C/C=C\C/C=C\C/C=C\CCCCCCCCC(=O)OCC(COC(=O)CCCCCCC/C=C\CCCCCCC)OC(=O)CCCCCCCCC/C=C\CCCCCCCC. The summed E-state index contributed by atoms with van der Waals surface area (Å²) in [7, 11) is 0. The second-order valence-electron chi connectivity index (χ2n) is 22.0. The van der Waals surface area contributed by atoms with Gasteiger partial charge in [0.05, 0.1) is 0 Å². The Morgan fingerprint density at radius 2 is 0.487 bits per heavy atom. The standard InChI is InChI=1S/C74H124O6/c1-4-7-10-13-16-19-22-25-28-30-31-32-33-34-35-36-37-38-39-40-41-42-43-45-46-49-52-55-58-61-64-67-73(76)79-70-71(69-78-72(75)66-63-60-57-54-51-48-27-24-21-18-15-12-9-6-3)80-74(77)68-65-62-59-56-53-50-47-44-29-26-23-20-17-14-11-8-5-2/h7,10,16,19,24-29,31-32,34-35,37-38,40-41,43,45,71H,4-6,8-9,11-15,17-18,20-23,30,33,36,39,42,44,46-70H2,1-3H3/b10-7-,19-16-,27-24-,28-25-,29-26-,32-31-,35-34-,38-37-,41-40-,45-43-. The molecule has 0 aromatic heterocycles. The number of allylic oxidation sites excluding steroid dienone is 20. The van der Waals surface area contributed by atoms with E-state index in [1.807, 2.05) is 0 Å². The molecule has 0 fully saturated rings. The van der Waals surface area contributed by atoms with Crippen LogP contribution in [-0.4, -0.2) is 37.2 Å². The van der Waals surface area contributed by atoms with Gasteiger partial charge in [-0.25, -0.2) is 0 Å². The molecule has 0 bridgehead atoms. The molecule has 80 heavy (non-hydrogen) atoms. The van der Waals surface area contributed by atoms with E-state index in [0.717, 1.165) is 128 Å². The molecule has 0 aliphatic rings. The average Bonchev–Trinajstić information content (AvgIpc) is 3.46. The number of hydrogen-bond donors (Lipinski definition) is 0. The molecule has 0 amide bonds. The molecule has 456 valence electrons. The number of rotatable bonds is 60. The largest absolute Gasteiger partial charge is 0.462 e. The number of esters is 3. The van der Waals surface area contributed by atoms with Gasteiger partial charge in [-0.1, -0.05) is 277 Å². The van der Waals surface area contributed by atoms with Crippen molar-refractivity contribution in [3.63, 3.8) is 0 Å². The van der Waals surface area contributed by atoms with Gasteiger partial charge in [-0.3, -0.25) is 14.4 Å². The molecule has 6 nitrogen and oxygen atoms in total. The first-order valence-electron chi connectivity index (χ1n) is 33.5. The van der Waals surface area contributed by atoms with Gasteiger partial charge in [0.15, 0.2) is 6.10 Å². The molecule has 1 unspecified atom stereocenters. The zero-order valence-corrected chi connectivity index (χ0v) is 52.3. The molecule has 0 N–H and O–H groups in total. The Labute approximate surface area is 494 Å². The molecule has 0 radical (unpaired) electrons. The summed E-state index contributed by atoms with van der Waals surface area (Å²) in [6.07, 6.45) is 93.5. The van der Waals surface area contributed by atoms with Crippen molar-refractivity contribution < 1.29 is 28.6 Å². The second kappa shape index (κ2) is 67.3. The summed E-state index contributed by atoms with van der Waals surface area (Å²) in [4.78, 5) is 38.3. The molecule has 0 rings (SSSR count). The van der Waals surface area contributed by atoms with Gasteiger partial charge in [-0.15, -0.1) is 0 Å². The Hall–Kier alpha value is -4.19. The predicted molar refractivity (Wildman–Crippen MR) is 348 cm³/mol. The summed E-state index contributed by atoms with van der Waals surface area (Å²) in [6.45, 7) is 6.51. The lowest BCUT2D eigenvalue weighted by atomic mass is 10.1. The van der Waals surface area contributed by atoms with Gasteiger partial charge in [0.2, 0.25) is 0 Å². The molecule has 0 aromatic carbocycles. The molecule has 0 aromatic rings. The van der Waals surface area contributed by atoms with Crippen molar-refractivity contribution in [1.82, 2.24) is 0 Å². The summed E-state index contributed by atoms with van der Waals surface area (Å²) in [5, 5.41) is 0. The second-order valence-corrected chi connectivity index (χ2v) is 22.0. The smallest absolute Gasteiger partial charge is 0.306 e. The third-order valence-corrected chi connectivity index (χ3v) is 14.2. The number of unbranched alkanes of at least 4 members (excludes halogenated alkanes) is 29. The van der Waals surface area contributed by atoms with Gasteiger partial charge < -0.3 is 14.2 Å². The van der Waals surface area contributed by atoms with E-state index in [4.69, 9.17) is 14.2 Å². The first-order chi connectivity index (χ1) is 39.5. The summed E-state index contributed by atoms with van der Waals surface area (Å²) < 4.78 is 16.9. The van der Waals surface area contributed by atoms with Crippen LogP contribution in [-0.2, 0) is 28.6 Å². The van der Waals surface area contributed by atoms with Crippen molar-refractivity contribution in [2.45, 2.75) is 316 Å². The van der Waals surface area contributed by atoms with Gasteiger partial charge in [0.25, 0.3) is 0 Å². The first-order valence-corrected chi connectivity index (χ1v) is 33.5. The van der Waals surface area contributed by atoms with Crippen molar-refractivity contribution in [2.75, 3.05) is 13.2 Å². The molecule has 1 atom stereocenters. The van der Waals surface area contributed by atoms with Crippen LogP contribution in [0.2, 0.25) is 0 Å². The number of carbonyl (C=O) groups excluding carboxylic acids is 3. The van der Waals surface area contributed by atoms with Crippen molar-refractivity contribution in [3.05, 3.63) is 122 Å². The van der Waals surface area contributed by atoms with E-state index in [0.29, 0.717) is 19.3 Å². The fourth-order valence-electron chi connectivity index (χ4n) is 9.15. The minimum atomic E-state index is -0.793. The Morgan fingerprint density at radius 1 is 0.263 bits per heavy atom. The monoisotopic (exact) mass is 1110 g/mol. The van der Waals surface area contributed by atoms with Crippen LogP contribution in [0.5, 0.6) is 0 Å². The van der Waals surface area contributed by atoms with Gasteiger partial charge >= 0.3 is 17.9 Å². The maximum atomic E-state index is 12.9. The Morgan fingerprint density at radius 3 is 0.775 bits per heavy atom. The minimum absolute atomic E-state index is 0.0893. The molecule has 0 spiro atoms. The van der Waals surface area contributed by atoms with Gasteiger partial charge in [-0.05, 0) is 135 Å². The minimum Gasteiger partial charge on any atom is -0.462 e. The van der Waals surface area contributed by atoms with E-state index in [2.05, 4.69) is 142 Å². The van der Waals surface area contributed by atoms with E-state index in [-0.39, 0.29) is 31.1 Å². The van der Waals surface area contributed by atoms with Crippen molar-refractivity contribution >= 4 is 17.9 Å². The Balaban J connectivity index is 4.35. The van der Waals surface area contributed by atoms with E-state index in [1.165, 1.54) is 141 Å². The topological polar surface area (TPSA) is 78.9 Å². The van der Waals surface area contributed by atoms with Crippen molar-refractivity contribution in [3.8, 4) is 0 Å². The summed E-state index contributed by atoms with van der Waals surface area (Å²) >= 11 is 0. The number of ether oxygens (including phenoxy) is 3. The van der Waals surface area contributed by atoms with Gasteiger partial charge in [0.1, 0.15) is 13.2 Å². The van der Waals surface area contributed by atoms with Crippen molar-refractivity contribution in [2.24, 2.45) is 0 Å². The highest BCUT2D eigenvalue weighted by Crippen LogP contribution is 2.15. The maximum Gasteiger partial charge on any atom is 0.306 e. The van der Waals surface area contributed by atoms with Crippen LogP contribution < -0.4 is 0 Å². The van der Waals surface area contributed by atoms with Crippen LogP contribution in [0.4, 0.5) is 0 Å². The van der Waals surface area contributed by atoms with Crippen LogP contribution >= 0.6 is 0 Å². The molecule has 0 saturated carbocycles. The Kier molecular flexibility index (Phi) is 63.8. The third kappa shape index (κ3) is 64.6. The number of carbonyl (C=O) groups is 3. The quantitative estimate of drug-likeness (QED) is 0.0261. The highest BCUT2D eigenvalue weighted by molar-refractivity contribution is 5.71. The van der Waals surface area contributed by atoms with E-state index >= 15 is 0 Å². The van der Waals surface area contributed by atoms with E-state index in [1.54, 1.807) is 0 Å². The predicted octanol–water partition coefficient (Wildman–Crippen LogP) is 23.2. The lowest BCUT2D eigenvalue weighted by molar-refractivity contribution is -0.167. The molecule has 0 aliphatic carbocycles. The van der Waals surface area contributed by atoms with Crippen LogP contribution in [0.1, 0.15) is 310 Å².